The average Bonchev–Trinajstić information content (AvgIpc) is 3.08. The molecule has 1 saturated heterocycles. The van der Waals surface area contributed by atoms with Crippen molar-refractivity contribution >= 4 is 23.2 Å². The highest BCUT2D eigenvalue weighted by Crippen LogP contribution is 2.32. The summed E-state index contributed by atoms with van der Waals surface area (Å²) in [5.41, 5.74) is 0.623. The summed E-state index contributed by atoms with van der Waals surface area (Å²) in [6, 6.07) is 12.3. The van der Waals surface area contributed by atoms with Gasteiger partial charge in [-0.15, -0.1) is 13.2 Å². The van der Waals surface area contributed by atoms with Gasteiger partial charge >= 0.3 is 6.36 Å². The van der Waals surface area contributed by atoms with E-state index in [2.05, 4.69) is 9.64 Å². The number of alkyl halides is 3. The minimum absolute atomic E-state index is 0.101. The van der Waals surface area contributed by atoms with Crippen LogP contribution in [0.2, 0.25) is 10.0 Å². The summed E-state index contributed by atoms with van der Waals surface area (Å²) in [6.45, 7) is 4.35. The maximum absolute atomic E-state index is 13.0. The molecule has 6 nitrogen and oxygen atoms in total. The lowest BCUT2D eigenvalue weighted by Crippen LogP contribution is -2.37. The van der Waals surface area contributed by atoms with Crippen molar-refractivity contribution in [1.82, 2.24) is 14.3 Å². The van der Waals surface area contributed by atoms with Gasteiger partial charge in [-0.1, -0.05) is 23.2 Å². The Bertz CT molecular complexity index is 1250. The first kappa shape index (κ1) is 27.4. The van der Waals surface area contributed by atoms with E-state index < -0.39 is 11.9 Å². The molecule has 0 aliphatic carbocycles. The SMILES string of the molecule is CC(c1c(Cl)c(=O)n(-c2ccc(OC(F)(F)F)cc2)n1C)N1CCC(CCOc2ccc(Cl)cc2)CC1. The molecular weight excluding hydrogens is 530 g/mol. The van der Waals surface area contributed by atoms with E-state index in [-0.39, 0.29) is 16.8 Å². The van der Waals surface area contributed by atoms with Crippen molar-refractivity contribution < 1.29 is 22.6 Å². The van der Waals surface area contributed by atoms with E-state index in [1.54, 1.807) is 23.9 Å². The normalized spacial score (nSPS) is 16.1. The largest absolute Gasteiger partial charge is 0.573 e. The van der Waals surface area contributed by atoms with Crippen molar-refractivity contribution in [1.29, 1.82) is 0 Å². The Labute approximate surface area is 223 Å². The topological polar surface area (TPSA) is 48.6 Å². The summed E-state index contributed by atoms with van der Waals surface area (Å²) in [6.07, 6.45) is -1.83. The van der Waals surface area contributed by atoms with Crippen molar-refractivity contribution in [2.75, 3.05) is 19.7 Å². The van der Waals surface area contributed by atoms with Crippen molar-refractivity contribution in [2.24, 2.45) is 13.0 Å². The molecule has 37 heavy (non-hydrogen) atoms. The van der Waals surface area contributed by atoms with Crippen LogP contribution >= 0.6 is 23.2 Å². The van der Waals surface area contributed by atoms with E-state index >= 15 is 0 Å². The lowest BCUT2D eigenvalue weighted by Gasteiger charge is -2.36. The van der Waals surface area contributed by atoms with Crippen LogP contribution in [-0.4, -0.2) is 40.3 Å². The predicted molar refractivity (Wildman–Crippen MR) is 137 cm³/mol. The van der Waals surface area contributed by atoms with Gasteiger partial charge in [-0.2, -0.15) is 0 Å². The summed E-state index contributed by atoms with van der Waals surface area (Å²) in [5.74, 6) is 0.981. The third kappa shape index (κ3) is 6.64. The van der Waals surface area contributed by atoms with E-state index in [1.807, 2.05) is 19.1 Å². The van der Waals surface area contributed by atoms with Crippen molar-refractivity contribution in [3.8, 4) is 17.2 Å². The Morgan fingerprint density at radius 2 is 1.59 bits per heavy atom. The Balaban J connectivity index is 1.38. The highest BCUT2D eigenvalue weighted by molar-refractivity contribution is 6.31. The molecule has 200 valence electrons. The number of piperidine rings is 1. The fraction of sp³-hybridized carbons (Fsp3) is 0.423. The van der Waals surface area contributed by atoms with Gasteiger partial charge in [0.25, 0.3) is 5.56 Å². The van der Waals surface area contributed by atoms with Gasteiger partial charge in [0.15, 0.2) is 0 Å². The van der Waals surface area contributed by atoms with Crippen LogP contribution in [0.5, 0.6) is 11.5 Å². The zero-order chi connectivity index (χ0) is 26.7. The molecule has 2 heterocycles. The molecule has 0 N–H and O–H groups in total. The van der Waals surface area contributed by atoms with Crippen molar-refractivity contribution in [3.05, 3.63) is 74.6 Å². The fourth-order valence-corrected chi connectivity index (χ4v) is 5.28. The zero-order valence-corrected chi connectivity index (χ0v) is 22.0. The van der Waals surface area contributed by atoms with E-state index in [9.17, 15) is 18.0 Å². The summed E-state index contributed by atoms with van der Waals surface area (Å²) in [4.78, 5) is 15.3. The molecular formula is C26H28Cl2F3N3O3. The number of aromatic nitrogens is 2. The second-order valence-electron chi connectivity index (χ2n) is 9.13. The monoisotopic (exact) mass is 557 g/mol. The molecule has 0 radical (unpaired) electrons. The van der Waals surface area contributed by atoms with Gasteiger partial charge in [0, 0.05) is 12.1 Å². The van der Waals surface area contributed by atoms with Crippen LogP contribution in [0.4, 0.5) is 13.2 Å². The molecule has 1 aliphatic rings. The number of likely N-dealkylation sites (tertiary alicyclic amines) is 1. The first-order chi connectivity index (χ1) is 17.5. The van der Waals surface area contributed by atoms with Crippen LogP contribution < -0.4 is 15.0 Å². The second-order valence-corrected chi connectivity index (χ2v) is 9.94. The van der Waals surface area contributed by atoms with Gasteiger partial charge in [-0.25, -0.2) is 4.68 Å². The van der Waals surface area contributed by atoms with Gasteiger partial charge in [-0.3, -0.25) is 14.4 Å². The molecule has 1 atom stereocenters. The lowest BCUT2D eigenvalue weighted by atomic mass is 9.93. The number of halogens is 5. The van der Waals surface area contributed by atoms with Gasteiger partial charge in [0.1, 0.15) is 16.5 Å². The molecule has 0 amide bonds. The highest BCUT2D eigenvalue weighted by Gasteiger charge is 2.32. The molecule has 1 aliphatic heterocycles. The molecule has 2 aromatic carbocycles. The maximum Gasteiger partial charge on any atom is 0.573 e. The molecule has 0 spiro atoms. The summed E-state index contributed by atoms with van der Waals surface area (Å²) in [5, 5.41) is 0.777. The number of benzene rings is 2. The van der Waals surface area contributed by atoms with Crippen LogP contribution in [0.3, 0.4) is 0 Å². The number of rotatable bonds is 8. The molecule has 0 bridgehead atoms. The Hall–Kier alpha value is -2.62. The van der Waals surface area contributed by atoms with Gasteiger partial charge in [0.05, 0.1) is 24.0 Å². The first-order valence-electron chi connectivity index (χ1n) is 12.0. The van der Waals surface area contributed by atoms with E-state index in [4.69, 9.17) is 27.9 Å². The lowest BCUT2D eigenvalue weighted by molar-refractivity contribution is -0.274. The van der Waals surface area contributed by atoms with Gasteiger partial charge in [-0.05, 0) is 93.7 Å². The van der Waals surface area contributed by atoms with Crippen LogP contribution in [0, 0.1) is 5.92 Å². The summed E-state index contributed by atoms with van der Waals surface area (Å²) >= 11 is 12.4. The highest BCUT2D eigenvalue weighted by atomic mass is 35.5. The minimum atomic E-state index is -4.79. The predicted octanol–water partition coefficient (Wildman–Crippen LogP) is 6.62. The van der Waals surface area contributed by atoms with Crippen molar-refractivity contribution in [3.63, 3.8) is 0 Å². The standard InChI is InChI=1S/C26H28Cl2F3N3O3/c1-17(33-14-11-18(12-15-33)13-16-36-21-7-3-19(27)4-8-21)24-23(28)25(35)34(32(24)2)20-5-9-22(10-6-20)37-26(29,30)31/h3-10,17-18H,11-16H2,1-2H3. The van der Waals surface area contributed by atoms with E-state index in [1.165, 1.54) is 28.9 Å². The van der Waals surface area contributed by atoms with Crippen LogP contribution in [0.25, 0.3) is 5.69 Å². The van der Waals surface area contributed by atoms with E-state index in [0.29, 0.717) is 28.9 Å². The van der Waals surface area contributed by atoms with Crippen LogP contribution in [-0.2, 0) is 7.05 Å². The zero-order valence-electron chi connectivity index (χ0n) is 20.5. The first-order valence-corrected chi connectivity index (χ1v) is 12.7. The van der Waals surface area contributed by atoms with Gasteiger partial charge in [0.2, 0.25) is 0 Å². The number of hydrogen-bond donors (Lipinski definition) is 0. The average molecular weight is 558 g/mol. The second kappa shape index (κ2) is 11.4. The molecule has 1 fully saturated rings. The van der Waals surface area contributed by atoms with Crippen LogP contribution in [0.15, 0.2) is 53.3 Å². The summed E-state index contributed by atoms with van der Waals surface area (Å²) in [7, 11) is 1.72. The number of nitrogens with zero attached hydrogens (tertiary/aromatic N) is 3. The summed E-state index contributed by atoms with van der Waals surface area (Å²) < 4.78 is 50.2. The molecule has 11 heteroatoms. The van der Waals surface area contributed by atoms with Gasteiger partial charge < -0.3 is 9.47 Å². The quantitative estimate of drug-likeness (QED) is 0.312. The Kier molecular flexibility index (Phi) is 8.46. The van der Waals surface area contributed by atoms with Crippen LogP contribution in [0.1, 0.15) is 37.9 Å². The molecule has 3 aromatic rings. The molecule has 4 rings (SSSR count). The third-order valence-corrected chi connectivity index (χ3v) is 7.38. The molecule has 1 aromatic heterocycles. The Morgan fingerprint density at radius 1 is 1.00 bits per heavy atom. The number of hydrogen-bond acceptors (Lipinski definition) is 4. The smallest absolute Gasteiger partial charge is 0.494 e. The number of ether oxygens (including phenoxy) is 2. The molecule has 1 unspecified atom stereocenters. The maximum atomic E-state index is 13.0. The minimum Gasteiger partial charge on any atom is -0.494 e. The fourth-order valence-electron chi connectivity index (χ4n) is 4.80. The van der Waals surface area contributed by atoms with E-state index in [0.717, 1.165) is 38.1 Å². The molecule has 0 saturated carbocycles. The third-order valence-electron chi connectivity index (χ3n) is 6.77. The Morgan fingerprint density at radius 3 is 2.19 bits per heavy atom. The van der Waals surface area contributed by atoms with Crippen molar-refractivity contribution in [2.45, 2.75) is 38.6 Å².